The molecule has 22 heavy (non-hydrogen) atoms. The minimum absolute atomic E-state index is 0.00403. The Hall–Kier alpha value is -1.57. The standard InChI is InChI=1S/C15H20F2N2O3/c1-8(19(2)3)14(21)18-12-4-11(16)9-5-15(22,7-20)6-10(9)13(12)17/h4,8,20,22H,5-7H2,1-3H3,(H,18,21)/t8-,15?/m1/s1. The lowest BCUT2D eigenvalue weighted by Gasteiger charge is -2.19. The van der Waals surface area contributed by atoms with Crippen molar-refractivity contribution in [3.05, 3.63) is 28.8 Å². The molecule has 0 radical (unpaired) electrons. The van der Waals surface area contributed by atoms with Crippen molar-refractivity contribution in [3.63, 3.8) is 0 Å². The average Bonchev–Trinajstić information content (AvgIpc) is 2.83. The molecule has 122 valence electrons. The fourth-order valence-corrected chi connectivity index (χ4v) is 2.49. The maximum Gasteiger partial charge on any atom is 0.241 e. The zero-order valence-electron chi connectivity index (χ0n) is 12.8. The molecule has 0 heterocycles. The number of carbonyl (C=O) groups excluding carboxylic acids is 1. The first-order chi connectivity index (χ1) is 10.2. The summed E-state index contributed by atoms with van der Waals surface area (Å²) in [4.78, 5) is 13.6. The van der Waals surface area contributed by atoms with Crippen molar-refractivity contribution >= 4 is 11.6 Å². The number of amides is 1. The Labute approximate surface area is 127 Å². The highest BCUT2D eigenvalue weighted by molar-refractivity contribution is 5.94. The number of aliphatic hydroxyl groups is 2. The molecule has 1 aromatic rings. The van der Waals surface area contributed by atoms with Crippen LogP contribution >= 0.6 is 0 Å². The Kier molecular flexibility index (Phi) is 4.51. The van der Waals surface area contributed by atoms with Crippen LogP contribution in [-0.2, 0) is 17.6 Å². The van der Waals surface area contributed by atoms with Crippen molar-refractivity contribution in [1.82, 2.24) is 4.90 Å². The molecule has 0 fully saturated rings. The lowest BCUT2D eigenvalue weighted by molar-refractivity contribution is -0.119. The average molecular weight is 314 g/mol. The van der Waals surface area contributed by atoms with Gasteiger partial charge in [0.25, 0.3) is 0 Å². The number of hydrogen-bond donors (Lipinski definition) is 3. The van der Waals surface area contributed by atoms with Gasteiger partial charge in [-0.15, -0.1) is 0 Å². The van der Waals surface area contributed by atoms with Gasteiger partial charge in [-0.05, 0) is 32.1 Å². The van der Waals surface area contributed by atoms with Crippen molar-refractivity contribution < 1.29 is 23.8 Å². The van der Waals surface area contributed by atoms with Gasteiger partial charge in [-0.1, -0.05) is 0 Å². The number of nitrogens with one attached hydrogen (secondary N) is 1. The monoisotopic (exact) mass is 314 g/mol. The van der Waals surface area contributed by atoms with Crippen LogP contribution in [0.1, 0.15) is 18.1 Å². The number of carbonyl (C=O) groups is 1. The molecule has 0 spiro atoms. The number of benzene rings is 1. The van der Waals surface area contributed by atoms with E-state index in [0.717, 1.165) is 6.07 Å². The summed E-state index contributed by atoms with van der Waals surface area (Å²) in [5.74, 6) is -1.92. The second-order valence-electron chi connectivity index (χ2n) is 6.04. The summed E-state index contributed by atoms with van der Waals surface area (Å²) in [7, 11) is 3.40. The lowest BCUT2D eigenvalue weighted by Crippen LogP contribution is -2.37. The van der Waals surface area contributed by atoms with Crippen molar-refractivity contribution in [3.8, 4) is 0 Å². The Balaban J connectivity index is 2.32. The molecule has 1 aromatic carbocycles. The SMILES string of the molecule is C[C@H](C(=O)Nc1cc(F)c2c(c1F)CC(O)(CO)C2)N(C)C. The molecular weight excluding hydrogens is 294 g/mol. The molecule has 0 aromatic heterocycles. The van der Waals surface area contributed by atoms with E-state index in [1.807, 2.05) is 0 Å². The predicted octanol–water partition coefficient (Wildman–Crippen LogP) is 0.675. The van der Waals surface area contributed by atoms with Crippen molar-refractivity contribution in [1.29, 1.82) is 0 Å². The maximum atomic E-state index is 14.5. The molecule has 1 aliphatic rings. The molecule has 0 bridgehead atoms. The largest absolute Gasteiger partial charge is 0.393 e. The Morgan fingerprint density at radius 3 is 2.55 bits per heavy atom. The molecule has 7 heteroatoms. The molecule has 1 amide bonds. The fourth-order valence-electron chi connectivity index (χ4n) is 2.49. The number of likely N-dealkylation sites (N-methyl/N-ethyl adjacent to an activating group) is 1. The molecule has 2 rings (SSSR count). The van der Waals surface area contributed by atoms with Crippen molar-refractivity contribution in [2.45, 2.75) is 31.4 Å². The fraction of sp³-hybridized carbons (Fsp3) is 0.533. The number of halogens is 2. The molecule has 1 aliphatic carbocycles. The van der Waals surface area contributed by atoms with Crippen LogP contribution in [0.15, 0.2) is 6.07 Å². The van der Waals surface area contributed by atoms with Gasteiger partial charge in [0.1, 0.15) is 11.6 Å². The second kappa shape index (κ2) is 5.91. The summed E-state index contributed by atoms with van der Waals surface area (Å²) in [6.45, 7) is 1.06. The van der Waals surface area contributed by atoms with Gasteiger partial charge in [0, 0.05) is 18.9 Å². The molecule has 2 atom stereocenters. The van der Waals surface area contributed by atoms with Crippen LogP contribution in [0.2, 0.25) is 0 Å². The van der Waals surface area contributed by atoms with E-state index < -0.39 is 35.8 Å². The summed E-state index contributed by atoms with van der Waals surface area (Å²) in [6, 6.07) is 0.405. The van der Waals surface area contributed by atoms with Gasteiger partial charge in [0.05, 0.1) is 23.9 Å². The molecule has 0 saturated heterocycles. The number of aliphatic hydroxyl groups excluding tert-OH is 1. The topological polar surface area (TPSA) is 72.8 Å². The van der Waals surface area contributed by atoms with Gasteiger partial charge in [-0.2, -0.15) is 0 Å². The third kappa shape index (κ3) is 2.97. The van der Waals surface area contributed by atoms with E-state index in [1.165, 1.54) is 0 Å². The highest BCUT2D eigenvalue weighted by Crippen LogP contribution is 2.36. The van der Waals surface area contributed by atoms with Gasteiger partial charge < -0.3 is 15.5 Å². The van der Waals surface area contributed by atoms with Gasteiger partial charge in [-0.3, -0.25) is 9.69 Å². The number of fused-ring (bicyclic) bond motifs is 1. The minimum atomic E-state index is -1.55. The van der Waals surface area contributed by atoms with Crippen LogP contribution in [0.3, 0.4) is 0 Å². The first-order valence-electron chi connectivity index (χ1n) is 6.99. The van der Waals surface area contributed by atoms with Gasteiger partial charge in [0.2, 0.25) is 5.91 Å². The van der Waals surface area contributed by atoms with Gasteiger partial charge in [0.15, 0.2) is 0 Å². The Morgan fingerprint density at radius 1 is 1.41 bits per heavy atom. The summed E-state index contributed by atoms with van der Waals surface area (Å²) >= 11 is 0. The van der Waals surface area contributed by atoms with Crippen LogP contribution in [0.5, 0.6) is 0 Å². The molecule has 1 unspecified atom stereocenters. The Morgan fingerprint density at radius 2 is 2.00 bits per heavy atom. The van der Waals surface area contributed by atoms with Crippen LogP contribution < -0.4 is 5.32 Å². The molecular formula is C15H20F2N2O3. The van der Waals surface area contributed by atoms with E-state index in [0.29, 0.717) is 0 Å². The van der Waals surface area contributed by atoms with Crippen LogP contribution in [-0.4, -0.2) is 53.4 Å². The smallest absolute Gasteiger partial charge is 0.241 e. The highest BCUT2D eigenvalue weighted by atomic mass is 19.1. The van der Waals surface area contributed by atoms with E-state index in [1.54, 1.807) is 25.9 Å². The zero-order chi connectivity index (χ0) is 16.7. The van der Waals surface area contributed by atoms with E-state index in [-0.39, 0.29) is 29.7 Å². The van der Waals surface area contributed by atoms with Gasteiger partial charge >= 0.3 is 0 Å². The minimum Gasteiger partial charge on any atom is -0.393 e. The summed E-state index contributed by atoms with van der Waals surface area (Å²) in [6.07, 6.45) is -0.335. The third-order valence-electron chi connectivity index (χ3n) is 4.14. The van der Waals surface area contributed by atoms with Crippen molar-refractivity contribution in [2.75, 3.05) is 26.0 Å². The molecule has 0 saturated carbocycles. The van der Waals surface area contributed by atoms with Gasteiger partial charge in [-0.25, -0.2) is 8.78 Å². The summed E-state index contributed by atoms with van der Waals surface area (Å²) in [5, 5.41) is 21.6. The first kappa shape index (κ1) is 16.8. The summed E-state index contributed by atoms with van der Waals surface area (Å²) < 4.78 is 28.6. The van der Waals surface area contributed by atoms with E-state index in [2.05, 4.69) is 5.32 Å². The number of hydrogen-bond acceptors (Lipinski definition) is 4. The van der Waals surface area contributed by atoms with Crippen LogP contribution in [0.25, 0.3) is 0 Å². The molecule has 3 N–H and O–H groups in total. The number of anilines is 1. The molecule has 5 nitrogen and oxygen atoms in total. The highest BCUT2D eigenvalue weighted by Gasteiger charge is 2.39. The second-order valence-corrected chi connectivity index (χ2v) is 6.04. The van der Waals surface area contributed by atoms with Crippen LogP contribution in [0.4, 0.5) is 14.5 Å². The first-order valence-corrected chi connectivity index (χ1v) is 6.99. The predicted molar refractivity (Wildman–Crippen MR) is 77.6 cm³/mol. The van der Waals surface area contributed by atoms with Crippen LogP contribution in [0, 0.1) is 11.6 Å². The number of nitrogens with zero attached hydrogens (tertiary/aromatic N) is 1. The Bertz CT molecular complexity index is 607. The quantitative estimate of drug-likeness (QED) is 0.764. The normalized spacial score (nSPS) is 21.8. The third-order valence-corrected chi connectivity index (χ3v) is 4.14. The maximum absolute atomic E-state index is 14.5. The van der Waals surface area contributed by atoms with E-state index in [4.69, 9.17) is 5.11 Å². The number of rotatable bonds is 4. The molecule has 0 aliphatic heterocycles. The van der Waals surface area contributed by atoms with Crippen molar-refractivity contribution in [2.24, 2.45) is 0 Å². The van der Waals surface area contributed by atoms with E-state index >= 15 is 0 Å². The summed E-state index contributed by atoms with van der Waals surface area (Å²) in [5.41, 5.74) is -1.75. The zero-order valence-corrected chi connectivity index (χ0v) is 12.8. The van der Waals surface area contributed by atoms with E-state index in [9.17, 15) is 18.7 Å². The lowest BCUT2D eigenvalue weighted by atomic mass is 10.0.